The number of carbonyl (C=O) groups excluding carboxylic acids is 2. The fourth-order valence-corrected chi connectivity index (χ4v) is 3.39. The van der Waals surface area contributed by atoms with Crippen LogP contribution in [0.3, 0.4) is 0 Å². The summed E-state index contributed by atoms with van der Waals surface area (Å²) < 4.78 is 5.70. The minimum Gasteiger partial charge on any atom is -0.491 e. The molecule has 0 aliphatic rings. The van der Waals surface area contributed by atoms with E-state index in [1.807, 2.05) is 12.3 Å². The number of carbonyl (C=O) groups is 2. The van der Waals surface area contributed by atoms with Crippen LogP contribution in [0.5, 0.6) is 5.75 Å². The Morgan fingerprint density at radius 3 is 2.72 bits per heavy atom. The summed E-state index contributed by atoms with van der Waals surface area (Å²) in [6.45, 7) is 0.592. The van der Waals surface area contributed by atoms with Gasteiger partial charge in [-0.25, -0.2) is 9.97 Å². The molecule has 0 aliphatic carbocycles. The van der Waals surface area contributed by atoms with Gasteiger partial charge in [-0.05, 0) is 48.7 Å². The largest absolute Gasteiger partial charge is 0.491 e. The molecular weight excluding hydrogens is 450 g/mol. The van der Waals surface area contributed by atoms with Gasteiger partial charge in [-0.1, -0.05) is 11.6 Å². The topological polar surface area (TPSA) is 110 Å². The number of nitrogens with one attached hydrogen (secondary N) is 1. The molecule has 0 spiro atoms. The zero-order chi connectivity index (χ0) is 23.1. The number of hydrogen-bond donors (Lipinski definition) is 2. The van der Waals surface area contributed by atoms with Crippen molar-refractivity contribution in [1.29, 1.82) is 0 Å². The summed E-state index contributed by atoms with van der Waals surface area (Å²) in [7, 11) is 1.58. The fraction of sp³-hybridized carbons (Fsp3) is 0.182. The zero-order valence-electron chi connectivity index (χ0n) is 17.5. The van der Waals surface area contributed by atoms with Crippen LogP contribution in [-0.4, -0.2) is 48.2 Å². The lowest BCUT2D eigenvalue weighted by Gasteiger charge is -2.21. The average molecular weight is 472 g/mol. The summed E-state index contributed by atoms with van der Waals surface area (Å²) in [5.41, 5.74) is 6.32. The molecule has 0 saturated heterocycles. The maximum absolute atomic E-state index is 13.3. The van der Waals surface area contributed by atoms with E-state index in [4.69, 9.17) is 22.1 Å². The van der Waals surface area contributed by atoms with E-state index >= 15 is 0 Å². The number of aromatic nitrogens is 2. The van der Waals surface area contributed by atoms with E-state index in [1.54, 1.807) is 43.4 Å². The van der Waals surface area contributed by atoms with Crippen molar-refractivity contribution in [3.8, 4) is 5.75 Å². The summed E-state index contributed by atoms with van der Waals surface area (Å²) in [4.78, 5) is 36.7. The zero-order valence-corrected chi connectivity index (χ0v) is 19.1. The Hall–Kier alpha value is -3.14. The van der Waals surface area contributed by atoms with Gasteiger partial charge in [-0.15, -0.1) is 11.8 Å². The molecule has 0 fully saturated rings. The second kappa shape index (κ2) is 10.9. The molecule has 3 aromatic rings. The van der Waals surface area contributed by atoms with Crippen LogP contribution in [0.2, 0.25) is 5.02 Å². The quantitative estimate of drug-likeness (QED) is 0.481. The maximum atomic E-state index is 13.3. The van der Waals surface area contributed by atoms with Crippen molar-refractivity contribution in [2.24, 2.45) is 5.73 Å². The fourth-order valence-electron chi connectivity index (χ4n) is 2.85. The highest BCUT2D eigenvalue weighted by Crippen LogP contribution is 2.28. The van der Waals surface area contributed by atoms with Gasteiger partial charge in [0.1, 0.15) is 18.2 Å². The molecule has 0 saturated carbocycles. The first-order valence-electron chi connectivity index (χ1n) is 9.61. The van der Waals surface area contributed by atoms with Crippen LogP contribution in [-0.2, 0) is 0 Å². The molecule has 32 heavy (non-hydrogen) atoms. The molecule has 1 aromatic carbocycles. The molecule has 2 heterocycles. The van der Waals surface area contributed by atoms with E-state index in [0.29, 0.717) is 34.4 Å². The molecule has 0 unspecified atom stereocenters. The van der Waals surface area contributed by atoms with Gasteiger partial charge in [-0.3, -0.25) is 9.59 Å². The third-order valence-corrected chi connectivity index (χ3v) is 5.38. The summed E-state index contributed by atoms with van der Waals surface area (Å²) >= 11 is 7.37. The Morgan fingerprint density at radius 2 is 2.03 bits per heavy atom. The lowest BCUT2D eigenvalue weighted by atomic mass is 10.1. The minimum absolute atomic E-state index is 0.0743. The summed E-state index contributed by atoms with van der Waals surface area (Å²) in [5.74, 6) is -0.113. The number of pyridine rings is 2. The Bertz CT molecular complexity index is 1110. The summed E-state index contributed by atoms with van der Waals surface area (Å²) in [5, 5.41) is 3.11. The van der Waals surface area contributed by atoms with Crippen LogP contribution < -0.4 is 20.7 Å². The van der Waals surface area contributed by atoms with Crippen molar-refractivity contribution >= 4 is 46.7 Å². The number of nitrogens with zero attached hydrogens (tertiary/aromatic N) is 3. The van der Waals surface area contributed by atoms with Gasteiger partial charge in [0.25, 0.3) is 11.8 Å². The maximum Gasteiger partial charge on any atom is 0.277 e. The normalized spacial score (nSPS) is 10.5. The number of halogens is 1. The number of nitrogens with two attached hydrogens (primary N) is 1. The second-order valence-corrected chi connectivity index (χ2v) is 7.87. The van der Waals surface area contributed by atoms with Crippen LogP contribution in [0.4, 0.5) is 11.5 Å². The van der Waals surface area contributed by atoms with Gasteiger partial charge in [0.15, 0.2) is 5.69 Å². The van der Waals surface area contributed by atoms with Crippen molar-refractivity contribution in [3.05, 3.63) is 71.1 Å². The Labute approximate surface area is 195 Å². The number of rotatable bonds is 8. The highest BCUT2D eigenvalue weighted by Gasteiger charge is 2.23. The molecule has 0 atom stereocenters. The van der Waals surface area contributed by atoms with Gasteiger partial charge in [0, 0.05) is 30.9 Å². The van der Waals surface area contributed by atoms with Crippen LogP contribution in [0.25, 0.3) is 0 Å². The van der Waals surface area contributed by atoms with Crippen LogP contribution in [0.1, 0.15) is 20.8 Å². The smallest absolute Gasteiger partial charge is 0.277 e. The Balaban J connectivity index is 1.89. The van der Waals surface area contributed by atoms with Crippen molar-refractivity contribution in [2.45, 2.75) is 4.90 Å². The molecule has 2 amide bonds. The first-order chi connectivity index (χ1) is 15.4. The molecule has 10 heteroatoms. The van der Waals surface area contributed by atoms with E-state index in [9.17, 15) is 9.59 Å². The van der Waals surface area contributed by atoms with Crippen LogP contribution >= 0.6 is 23.4 Å². The molecule has 0 bridgehead atoms. The Kier molecular flexibility index (Phi) is 8.04. The number of amides is 2. The van der Waals surface area contributed by atoms with Gasteiger partial charge in [0.05, 0.1) is 16.3 Å². The van der Waals surface area contributed by atoms with E-state index < -0.39 is 5.91 Å². The van der Waals surface area contributed by atoms with Gasteiger partial charge >= 0.3 is 0 Å². The first kappa shape index (κ1) is 23.5. The molecule has 3 rings (SSSR count). The molecule has 2 aromatic heterocycles. The van der Waals surface area contributed by atoms with Crippen LogP contribution in [0, 0.1) is 0 Å². The number of benzene rings is 1. The van der Waals surface area contributed by atoms with Crippen LogP contribution in [0.15, 0.2) is 59.8 Å². The summed E-state index contributed by atoms with van der Waals surface area (Å²) in [6.07, 6.45) is 4.84. The van der Waals surface area contributed by atoms with Gasteiger partial charge < -0.3 is 20.7 Å². The van der Waals surface area contributed by atoms with Crippen molar-refractivity contribution in [1.82, 2.24) is 9.97 Å². The first-order valence-corrected chi connectivity index (χ1v) is 11.2. The monoisotopic (exact) mass is 471 g/mol. The van der Waals surface area contributed by atoms with Crippen molar-refractivity contribution in [3.63, 3.8) is 0 Å². The van der Waals surface area contributed by atoms with Gasteiger partial charge in [-0.2, -0.15) is 0 Å². The number of hydrogen-bond acceptors (Lipinski definition) is 7. The SMILES string of the molecule is CSc1ccc(C(=O)N(C)c2cccnc2C(=O)Nc2ccc(Cl)cn2)c(OCCN)c1. The van der Waals surface area contributed by atoms with Gasteiger partial charge in [0.2, 0.25) is 0 Å². The van der Waals surface area contributed by atoms with Crippen molar-refractivity contribution in [2.75, 3.05) is 36.7 Å². The predicted octanol–water partition coefficient (Wildman–Crippen LogP) is 3.72. The van der Waals surface area contributed by atoms with E-state index in [0.717, 1.165) is 4.90 Å². The molecule has 3 N–H and O–H groups in total. The minimum atomic E-state index is -0.507. The average Bonchev–Trinajstić information content (AvgIpc) is 2.83. The number of ether oxygens (including phenoxy) is 1. The highest BCUT2D eigenvalue weighted by atomic mass is 35.5. The molecule has 8 nitrogen and oxygen atoms in total. The third-order valence-electron chi connectivity index (χ3n) is 4.43. The highest BCUT2D eigenvalue weighted by molar-refractivity contribution is 7.98. The molecular formula is C22H22ClN5O3S. The van der Waals surface area contributed by atoms with E-state index in [1.165, 1.54) is 29.1 Å². The standard InChI is InChI=1S/C22H22ClN5O3S/c1-28(22(30)16-7-6-15(32-2)12-18(16)31-11-9-24)17-4-3-10-25-20(17)21(29)27-19-8-5-14(23)13-26-19/h3-8,10,12-13H,9,11,24H2,1-2H3,(H,26,27,29). The Morgan fingerprint density at radius 1 is 1.22 bits per heavy atom. The molecule has 166 valence electrons. The number of anilines is 2. The third kappa shape index (κ3) is 5.56. The predicted molar refractivity (Wildman–Crippen MR) is 127 cm³/mol. The second-order valence-electron chi connectivity index (χ2n) is 6.55. The lowest BCUT2D eigenvalue weighted by molar-refractivity contribution is 0.0988. The lowest BCUT2D eigenvalue weighted by Crippen LogP contribution is -2.30. The van der Waals surface area contributed by atoms with E-state index in [-0.39, 0.29) is 18.2 Å². The number of thioether (sulfide) groups is 1. The molecule has 0 aliphatic heterocycles. The van der Waals surface area contributed by atoms with Crippen molar-refractivity contribution < 1.29 is 14.3 Å². The summed E-state index contributed by atoms with van der Waals surface area (Å²) in [6, 6.07) is 11.8. The van der Waals surface area contributed by atoms with E-state index in [2.05, 4.69) is 15.3 Å². The molecule has 0 radical (unpaired) electrons.